The Kier molecular flexibility index (Phi) is 3.37. The van der Waals surface area contributed by atoms with Crippen LogP contribution in [0.5, 0.6) is 0 Å². The van der Waals surface area contributed by atoms with Gasteiger partial charge < -0.3 is 5.32 Å². The molecule has 1 fully saturated rings. The van der Waals surface area contributed by atoms with Crippen LogP contribution in [-0.4, -0.2) is 11.5 Å². The van der Waals surface area contributed by atoms with Crippen molar-refractivity contribution in [3.05, 3.63) is 54.4 Å². The Hall–Kier alpha value is -1.67. The molecule has 0 bridgehead atoms. The van der Waals surface area contributed by atoms with E-state index in [0.717, 1.165) is 6.54 Å². The molecule has 18 heavy (non-hydrogen) atoms. The van der Waals surface area contributed by atoms with Gasteiger partial charge in [0.15, 0.2) is 0 Å². The van der Waals surface area contributed by atoms with Crippen molar-refractivity contribution in [3.63, 3.8) is 0 Å². The maximum absolute atomic E-state index is 4.21. The van der Waals surface area contributed by atoms with Crippen molar-refractivity contribution < 1.29 is 0 Å². The zero-order valence-electron chi connectivity index (χ0n) is 10.4. The molecular formula is C16H17N2. The smallest absolute Gasteiger partial charge is 0.0346 e. The number of benzene rings is 1. The summed E-state index contributed by atoms with van der Waals surface area (Å²) >= 11 is 0. The Morgan fingerprint density at radius 3 is 3.00 bits per heavy atom. The lowest BCUT2D eigenvalue weighted by Gasteiger charge is -2.25. The number of pyridine rings is 1. The second-order valence-electron chi connectivity index (χ2n) is 4.74. The molecule has 2 nitrogen and oxygen atoms in total. The fraction of sp³-hybridized carbons (Fsp3) is 0.312. The van der Waals surface area contributed by atoms with Gasteiger partial charge in [-0.25, -0.2) is 0 Å². The summed E-state index contributed by atoms with van der Waals surface area (Å²) in [7, 11) is 0. The van der Waals surface area contributed by atoms with Crippen LogP contribution in [0.3, 0.4) is 0 Å². The number of piperidine rings is 1. The van der Waals surface area contributed by atoms with Crippen LogP contribution in [0.15, 0.2) is 42.7 Å². The predicted octanol–water partition coefficient (Wildman–Crippen LogP) is 3.36. The summed E-state index contributed by atoms with van der Waals surface area (Å²) in [6.07, 6.45) is 7.52. The SMILES string of the molecule is [c]1cccc(-c2cccnc2)c1C1CCCCN1. The lowest BCUT2D eigenvalue weighted by Crippen LogP contribution is -2.27. The van der Waals surface area contributed by atoms with Gasteiger partial charge in [0.05, 0.1) is 0 Å². The van der Waals surface area contributed by atoms with Crippen molar-refractivity contribution >= 4 is 0 Å². The molecule has 1 unspecified atom stereocenters. The van der Waals surface area contributed by atoms with E-state index in [-0.39, 0.29) is 0 Å². The van der Waals surface area contributed by atoms with E-state index >= 15 is 0 Å². The van der Waals surface area contributed by atoms with E-state index < -0.39 is 0 Å². The minimum absolute atomic E-state index is 0.440. The second kappa shape index (κ2) is 5.32. The fourth-order valence-corrected chi connectivity index (χ4v) is 2.61. The molecule has 1 aliphatic heterocycles. The molecule has 0 amide bonds. The highest BCUT2D eigenvalue weighted by Crippen LogP contribution is 2.31. The monoisotopic (exact) mass is 237 g/mol. The number of rotatable bonds is 2. The molecule has 2 heteroatoms. The topological polar surface area (TPSA) is 24.9 Å². The quantitative estimate of drug-likeness (QED) is 0.866. The van der Waals surface area contributed by atoms with Crippen LogP contribution in [0.1, 0.15) is 30.9 Å². The normalized spacial score (nSPS) is 19.7. The van der Waals surface area contributed by atoms with E-state index in [1.807, 2.05) is 24.5 Å². The Bertz CT molecular complexity index is 502. The van der Waals surface area contributed by atoms with Crippen LogP contribution < -0.4 is 5.32 Å². The summed E-state index contributed by atoms with van der Waals surface area (Å²) in [5.41, 5.74) is 3.71. The third kappa shape index (κ3) is 2.29. The molecule has 1 atom stereocenters. The van der Waals surface area contributed by atoms with Crippen LogP contribution in [-0.2, 0) is 0 Å². The van der Waals surface area contributed by atoms with Gasteiger partial charge in [-0.15, -0.1) is 0 Å². The van der Waals surface area contributed by atoms with Gasteiger partial charge in [-0.1, -0.05) is 30.7 Å². The molecule has 0 saturated carbocycles. The van der Waals surface area contributed by atoms with Crippen LogP contribution in [0, 0.1) is 6.07 Å². The molecule has 0 spiro atoms. The number of hydrogen-bond acceptors (Lipinski definition) is 2. The Labute approximate surface area is 108 Å². The first-order valence-corrected chi connectivity index (χ1v) is 6.59. The minimum Gasteiger partial charge on any atom is -0.310 e. The third-order valence-electron chi connectivity index (χ3n) is 3.52. The summed E-state index contributed by atoms with van der Waals surface area (Å²) < 4.78 is 0. The molecule has 3 rings (SSSR count). The molecule has 91 valence electrons. The van der Waals surface area contributed by atoms with E-state index in [4.69, 9.17) is 0 Å². The minimum atomic E-state index is 0.440. The first-order chi connectivity index (χ1) is 8.95. The lowest BCUT2D eigenvalue weighted by molar-refractivity contribution is 0.412. The van der Waals surface area contributed by atoms with E-state index in [1.165, 1.54) is 36.0 Å². The maximum Gasteiger partial charge on any atom is 0.0346 e. The van der Waals surface area contributed by atoms with Crippen molar-refractivity contribution in [1.82, 2.24) is 10.3 Å². The largest absolute Gasteiger partial charge is 0.310 e. The Morgan fingerprint density at radius 1 is 1.22 bits per heavy atom. The fourth-order valence-electron chi connectivity index (χ4n) is 2.61. The van der Waals surface area contributed by atoms with Gasteiger partial charge in [-0.2, -0.15) is 0 Å². The summed E-state index contributed by atoms with van der Waals surface area (Å²) in [6.45, 7) is 1.11. The van der Waals surface area contributed by atoms with Gasteiger partial charge in [-0.05, 0) is 42.6 Å². The van der Waals surface area contributed by atoms with Gasteiger partial charge in [0.2, 0.25) is 0 Å². The van der Waals surface area contributed by atoms with Crippen LogP contribution in [0.25, 0.3) is 11.1 Å². The average Bonchev–Trinajstić information content (AvgIpc) is 2.49. The van der Waals surface area contributed by atoms with Crippen LogP contribution in [0.2, 0.25) is 0 Å². The molecule has 1 saturated heterocycles. The van der Waals surface area contributed by atoms with Gasteiger partial charge in [0.1, 0.15) is 0 Å². The highest BCUT2D eigenvalue weighted by Gasteiger charge is 2.18. The second-order valence-corrected chi connectivity index (χ2v) is 4.74. The highest BCUT2D eigenvalue weighted by molar-refractivity contribution is 5.66. The number of nitrogens with one attached hydrogen (secondary N) is 1. The zero-order chi connectivity index (χ0) is 12.2. The summed E-state index contributed by atoms with van der Waals surface area (Å²) in [5, 5.41) is 3.59. The zero-order valence-corrected chi connectivity index (χ0v) is 10.4. The molecule has 1 N–H and O–H groups in total. The number of aromatic nitrogens is 1. The van der Waals surface area contributed by atoms with Gasteiger partial charge >= 0.3 is 0 Å². The molecule has 1 aromatic carbocycles. The molecule has 1 radical (unpaired) electrons. The standard InChI is InChI=1S/C16H17N2/c1-2-8-15(16-9-3-4-11-18-16)14(7-1)13-6-5-10-17-12-13/h1-2,5-7,10,12,16,18H,3-4,9,11H2. The molecule has 1 aromatic heterocycles. The Balaban J connectivity index is 1.99. The van der Waals surface area contributed by atoms with Gasteiger partial charge in [-0.3, -0.25) is 4.98 Å². The average molecular weight is 237 g/mol. The van der Waals surface area contributed by atoms with E-state index in [0.29, 0.717) is 6.04 Å². The van der Waals surface area contributed by atoms with E-state index in [1.54, 1.807) is 0 Å². The van der Waals surface area contributed by atoms with Crippen molar-refractivity contribution in [2.24, 2.45) is 0 Å². The Morgan fingerprint density at radius 2 is 2.22 bits per heavy atom. The number of hydrogen-bond donors (Lipinski definition) is 1. The van der Waals surface area contributed by atoms with E-state index in [2.05, 4.69) is 34.6 Å². The summed E-state index contributed by atoms with van der Waals surface area (Å²) in [5.74, 6) is 0. The summed E-state index contributed by atoms with van der Waals surface area (Å²) in [6, 6.07) is 14.2. The number of nitrogens with zero attached hydrogens (tertiary/aromatic N) is 1. The van der Waals surface area contributed by atoms with Crippen LogP contribution >= 0.6 is 0 Å². The van der Waals surface area contributed by atoms with Crippen molar-refractivity contribution in [3.8, 4) is 11.1 Å². The first kappa shape index (κ1) is 11.4. The van der Waals surface area contributed by atoms with Crippen molar-refractivity contribution in [1.29, 1.82) is 0 Å². The third-order valence-corrected chi connectivity index (χ3v) is 3.52. The molecule has 2 heterocycles. The maximum atomic E-state index is 4.21. The van der Waals surface area contributed by atoms with Crippen LogP contribution in [0.4, 0.5) is 0 Å². The van der Waals surface area contributed by atoms with Gasteiger partial charge in [0.25, 0.3) is 0 Å². The molecule has 1 aliphatic rings. The van der Waals surface area contributed by atoms with Crippen molar-refractivity contribution in [2.45, 2.75) is 25.3 Å². The molecule has 2 aromatic rings. The predicted molar refractivity (Wildman–Crippen MR) is 73.1 cm³/mol. The first-order valence-electron chi connectivity index (χ1n) is 6.59. The lowest BCUT2D eigenvalue weighted by atomic mass is 9.91. The molecular weight excluding hydrogens is 220 g/mol. The summed E-state index contributed by atoms with van der Waals surface area (Å²) in [4.78, 5) is 4.21. The van der Waals surface area contributed by atoms with E-state index in [9.17, 15) is 0 Å². The van der Waals surface area contributed by atoms with Crippen molar-refractivity contribution in [2.75, 3.05) is 6.54 Å². The molecule has 0 aliphatic carbocycles. The highest BCUT2D eigenvalue weighted by atomic mass is 14.9. The van der Waals surface area contributed by atoms with Gasteiger partial charge in [0, 0.05) is 24.0 Å².